The average Bonchev–Trinajstić information content (AvgIpc) is 2.60. The Bertz CT molecular complexity index is 420. The van der Waals surface area contributed by atoms with Crippen molar-refractivity contribution in [2.75, 3.05) is 19.6 Å². The maximum Gasteiger partial charge on any atom is 0.0235 e. The van der Waals surface area contributed by atoms with E-state index in [2.05, 4.69) is 67.4 Å². The fourth-order valence-electron chi connectivity index (χ4n) is 2.80. The summed E-state index contributed by atoms with van der Waals surface area (Å²) in [5, 5.41) is 3.72. The molecule has 1 fully saturated rings. The Kier molecular flexibility index (Phi) is 5.81. The molecule has 0 amide bonds. The van der Waals surface area contributed by atoms with Crippen molar-refractivity contribution in [3.63, 3.8) is 0 Å². The smallest absolute Gasteiger partial charge is 0.0235 e. The average molecular weight is 272 g/mol. The van der Waals surface area contributed by atoms with Gasteiger partial charge in [-0.1, -0.05) is 42.0 Å². The van der Waals surface area contributed by atoms with Crippen molar-refractivity contribution < 1.29 is 0 Å². The van der Waals surface area contributed by atoms with Crippen LogP contribution in [0.1, 0.15) is 32.8 Å². The van der Waals surface area contributed by atoms with E-state index in [1.54, 1.807) is 0 Å². The number of nitrogens with zero attached hydrogens (tertiary/aromatic N) is 1. The molecule has 1 aliphatic heterocycles. The maximum atomic E-state index is 3.72. The summed E-state index contributed by atoms with van der Waals surface area (Å²) in [5.41, 5.74) is 2.84. The SMILES string of the molecule is CC(C)=CCN1CC(Cc2ccccc2)NCCC1C. The number of rotatable bonds is 4. The number of nitrogens with one attached hydrogen (secondary N) is 1. The van der Waals surface area contributed by atoms with Crippen LogP contribution in [0, 0.1) is 0 Å². The van der Waals surface area contributed by atoms with Crippen molar-refractivity contribution in [1.82, 2.24) is 10.2 Å². The summed E-state index contributed by atoms with van der Waals surface area (Å²) in [4.78, 5) is 2.61. The first kappa shape index (κ1) is 15.3. The van der Waals surface area contributed by atoms with Crippen molar-refractivity contribution in [3.05, 3.63) is 47.5 Å². The van der Waals surface area contributed by atoms with Crippen LogP contribution in [0.25, 0.3) is 0 Å². The number of hydrogen-bond acceptors (Lipinski definition) is 2. The van der Waals surface area contributed by atoms with Gasteiger partial charge in [0.2, 0.25) is 0 Å². The summed E-state index contributed by atoms with van der Waals surface area (Å²) in [6.45, 7) is 10.1. The molecule has 1 heterocycles. The van der Waals surface area contributed by atoms with Crippen molar-refractivity contribution in [1.29, 1.82) is 0 Å². The highest BCUT2D eigenvalue weighted by Gasteiger charge is 2.22. The molecule has 1 N–H and O–H groups in total. The summed E-state index contributed by atoms with van der Waals surface area (Å²) in [7, 11) is 0. The summed E-state index contributed by atoms with van der Waals surface area (Å²) in [5.74, 6) is 0. The lowest BCUT2D eigenvalue weighted by Gasteiger charge is -2.28. The zero-order valence-corrected chi connectivity index (χ0v) is 13.1. The van der Waals surface area contributed by atoms with E-state index in [0.717, 1.165) is 26.1 Å². The van der Waals surface area contributed by atoms with Gasteiger partial charge in [-0.2, -0.15) is 0 Å². The van der Waals surface area contributed by atoms with Crippen LogP contribution in [0.3, 0.4) is 0 Å². The number of benzene rings is 1. The molecule has 0 spiro atoms. The fourth-order valence-corrected chi connectivity index (χ4v) is 2.80. The van der Waals surface area contributed by atoms with Crippen molar-refractivity contribution in [2.45, 2.75) is 45.7 Å². The summed E-state index contributed by atoms with van der Waals surface area (Å²) >= 11 is 0. The van der Waals surface area contributed by atoms with Crippen molar-refractivity contribution >= 4 is 0 Å². The van der Waals surface area contributed by atoms with Gasteiger partial charge in [0.05, 0.1) is 0 Å². The summed E-state index contributed by atoms with van der Waals surface area (Å²) < 4.78 is 0. The van der Waals surface area contributed by atoms with E-state index in [1.807, 2.05) is 0 Å². The Morgan fingerprint density at radius 3 is 2.75 bits per heavy atom. The second-order valence-corrected chi connectivity index (χ2v) is 6.21. The lowest BCUT2D eigenvalue weighted by Crippen LogP contribution is -2.41. The van der Waals surface area contributed by atoms with E-state index in [4.69, 9.17) is 0 Å². The largest absolute Gasteiger partial charge is 0.312 e. The molecular formula is C18H28N2. The molecule has 0 aromatic heterocycles. The van der Waals surface area contributed by atoms with E-state index in [1.165, 1.54) is 17.6 Å². The normalized spacial score (nSPS) is 24.1. The molecule has 20 heavy (non-hydrogen) atoms. The van der Waals surface area contributed by atoms with Gasteiger partial charge in [-0.15, -0.1) is 0 Å². The van der Waals surface area contributed by atoms with Gasteiger partial charge in [-0.05, 0) is 45.7 Å². The van der Waals surface area contributed by atoms with Gasteiger partial charge >= 0.3 is 0 Å². The molecule has 110 valence electrons. The second kappa shape index (κ2) is 7.61. The Balaban J connectivity index is 1.98. The highest BCUT2D eigenvalue weighted by Crippen LogP contribution is 2.13. The molecule has 1 aliphatic rings. The zero-order valence-electron chi connectivity index (χ0n) is 13.1. The summed E-state index contributed by atoms with van der Waals surface area (Å²) in [6, 6.07) is 12.1. The Hall–Kier alpha value is -1.12. The van der Waals surface area contributed by atoms with Crippen molar-refractivity contribution in [3.8, 4) is 0 Å². The third kappa shape index (κ3) is 4.77. The first-order valence-electron chi connectivity index (χ1n) is 7.80. The number of allylic oxidation sites excluding steroid dienone is 1. The maximum absolute atomic E-state index is 3.72. The number of hydrogen-bond donors (Lipinski definition) is 1. The zero-order chi connectivity index (χ0) is 14.4. The monoisotopic (exact) mass is 272 g/mol. The molecule has 0 saturated carbocycles. The van der Waals surface area contributed by atoms with Gasteiger partial charge in [0.1, 0.15) is 0 Å². The second-order valence-electron chi connectivity index (χ2n) is 6.21. The van der Waals surface area contributed by atoms with Gasteiger partial charge in [0.15, 0.2) is 0 Å². The predicted octanol–water partition coefficient (Wildman–Crippen LogP) is 3.25. The Morgan fingerprint density at radius 1 is 1.30 bits per heavy atom. The van der Waals surface area contributed by atoms with Crippen LogP contribution in [0.4, 0.5) is 0 Å². The van der Waals surface area contributed by atoms with Crippen LogP contribution < -0.4 is 5.32 Å². The Morgan fingerprint density at radius 2 is 2.05 bits per heavy atom. The molecule has 0 radical (unpaired) electrons. The summed E-state index contributed by atoms with van der Waals surface area (Å²) in [6.07, 6.45) is 4.71. The van der Waals surface area contributed by atoms with E-state index in [0.29, 0.717) is 12.1 Å². The molecule has 1 aromatic carbocycles. The minimum absolute atomic E-state index is 0.563. The predicted molar refractivity (Wildman–Crippen MR) is 87.0 cm³/mol. The van der Waals surface area contributed by atoms with E-state index in [-0.39, 0.29) is 0 Å². The minimum Gasteiger partial charge on any atom is -0.312 e. The van der Waals surface area contributed by atoms with Gasteiger partial charge in [0, 0.05) is 25.2 Å². The minimum atomic E-state index is 0.563. The van der Waals surface area contributed by atoms with Crippen LogP contribution in [0.2, 0.25) is 0 Å². The van der Waals surface area contributed by atoms with Gasteiger partial charge in [0.25, 0.3) is 0 Å². The molecule has 2 unspecified atom stereocenters. The fraction of sp³-hybridized carbons (Fsp3) is 0.556. The molecule has 2 nitrogen and oxygen atoms in total. The molecule has 2 heteroatoms. The van der Waals surface area contributed by atoms with Crippen LogP contribution in [0.5, 0.6) is 0 Å². The third-order valence-electron chi connectivity index (χ3n) is 4.13. The van der Waals surface area contributed by atoms with Crippen LogP contribution >= 0.6 is 0 Å². The molecule has 0 bridgehead atoms. The quantitative estimate of drug-likeness (QED) is 0.847. The lowest BCUT2D eigenvalue weighted by molar-refractivity contribution is 0.226. The molecule has 2 atom stereocenters. The van der Waals surface area contributed by atoms with Crippen LogP contribution in [-0.4, -0.2) is 36.6 Å². The molecule has 1 aromatic rings. The molecular weight excluding hydrogens is 244 g/mol. The first-order valence-corrected chi connectivity index (χ1v) is 7.80. The van der Waals surface area contributed by atoms with E-state index < -0.39 is 0 Å². The standard InChI is InChI=1S/C18H28N2/c1-15(2)10-12-20-14-18(19-11-9-16(20)3)13-17-7-5-4-6-8-17/h4-8,10,16,18-19H,9,11-14H2,1-3H3. The molecule has 2 rings (SSSR count). The van der Waals surface area contributed by atoms with Gasteiger partial charge in [-0.3, -0.25) is 4.90 Å². The Labute approximate surface area is 123 Å². The highest BCUT2D eigenvalue weighted by molar-refractivity contribution is 5.16. The van der Waals surface area contributed by atoms with Crippen LogP contribution in [0.15, 0.2) is 42.0 Å². The van der Waals surface area contributed by atoms with Gasteiger partial charge < -0.3 is 5.32 Å². The third-order valence-corrected chi connectivity index (χ3v) is 4.13. The van der Waals surface area contributed by atoms with Crippen molar-refractivity contribution in [2.24, 2.45) is 0 Å². The highest BCUT2D eigenvalue weighted by atomic mass is 15.2. The van der Waals surface area contributed by atoms with Gasteiger partial charge in [-0.25, -0.2) is 0 Å². The lowest BCUT2D eigenvalue weighted by atomic mass is 10.1. The first-order chi connectivity index (χ1) is 9.65. The molecule has 0 aliphatic carbocycles. The van der Waals surface area contributed by atoms with E-state index in [9.17, 15) is 0 Å². The molecule has 1 saturated heterocycles. The van der Waals surface area contributed by atoms with Crippen LogP contribution in [-0.2, 0) is 6.42 Å². The van der Waals surface area contributed by atoms with E-state index >= 15 is 0 Å². The topological polar surface area (TPSA) is 15.3 Å².